The van der Waals surface area contributed by atoms with Gasteiger partial charge < -0.3 is 16.0 Å². The molecule has 5 nitrogen and oxygen atoms in total. The summed E-state index contributed by atoms with van der Waals surface area (Å²) in [5, 5.41) is 10.4. The minimum absolute atomic E-state index is 0.0687. The third kappa shape index (κ3) is 4.92. The molecular weight excluding hydrogens is 334 g/mol. The Bertz CT molecular complexity index is 831. The molecule has 0 saturated heterocycles. The van der Waals surface area contributed by atoms with Crippen molar-refractivity contribution in [1.29, 1.82) is 0 Å². The molecule has 0 unspecified atom stereocenters. The number of carbonyl (C=O) groups is 2. The lowest BCUT2D eigenvalue weighted by molar-refractivity contribution is -0.115. The number of anilines is 3. The summed E-state index contributed by atoms with van der Waals surface area (Å²) in [5.41, 5.74) is 2.60. The number of para-hydroxylation sites is 1. The fourth-order valence-corrected chi connectivity index (χ4v) is 2.83. The number of carbonyl (C=O) groups excluding carboxylic acids is 2. The fourth-order valence-electron chi connectivity index (χ4n) is 2.19. The van der Waals surface area contributed by atoms with Crippen LogP contribution in [0.5, 0.6) is 0 Å². The van der Waals surface area contributed by atoms with Crippen LogP contribution in [0.4, 0.5) is 17.1 Å². The van der Waals surface area contributed by atoms with Gasteiger partial charge in [0.05, 0.1) is 11.4 Å². The van der Waals surface area contributed by atoms with Crippen molar-refractivity contribution < 1.29 is 9.59 Å². The number of rotatable bonds is 6. The van der Waals surface area contributed by atoms with E-state index in [0.717, 1.165) is 11.4 Å². The van der Waals surface area contributed by atoms with E-state index in [0.29, 0.717) is 10.6 Å². The Labute approximate surface area is 149 Å². The number of amides is 2. The number of hydrogen-bond acceptors (Lipinski definition) is 4. The highest BCUT2D eigenvalue weighted by Crippen LogP contribution is 2.18. The maximum Gasteiger partial charge on any atom is 0.261 e. The molecule has 0 spiro atoms. The molecular formula is C19H17N3O2S. The molecule has 3 rings (SSSR count). The Morgan fingerprint density at radius 3 is 2.16 bits per heavy atom. The largest absolute Gasteiger partial charge is 0.356 e. The van der Waals surface area contributed by atoms with E-state index in [1.807, 2.05) is 60.0 Å². The first-order valence-corrected chi connectivity index (χ1v) is 8.62. The summed E-state index contributed by atoms with van der Waals surface area (Å²) < 4.78 is 0. The number of nitrogens with one attached hydrogen (secondary N) is 3. The third-order valence-corrected chi connectivity index (χ3v) is 4.25. The smallest absolute Gasteiger partial charge is 0.261 e. The molecule has 2 aromatic carbocycles. The zero-order valence-electron chi connectivity index (χ0n) is 13.4. The van der Waals surface area contributed by atoms with Gasteiger partial charge in [0.2, 0.25) is 5.91 Å². The molecule has 3 N–H and O–H groups in total. The molecule has 2 amide bonds. The van der Waals surface area contributed by atoms with Crippen LogP contribution in [0, 0.1) is 0 Å². The van der Waals surface area contributed by atoms with Crippen molar-refractivity contribution in [2.75, 3.05) is 17.2 Å². The summed E-state index contributed by atoms with van der Waals surface area (Å²) in [6.45, 7) is -0.0687. The summed E-state index contributed by atoms with van der Waals surface area (Å²) in [7, 11) is 0. The van der Waals surface area contributed by atoms with Crippen molar-refractivity contribution >= 4 is 40.2 Å². The van der Waals surface area contributed by atoms with Crippen molar-refractivity contribution in [2.24, 2.45) is 0 Å². The second kappa shape index (κ2) is 8.12. The summed E-state index contributed by atoms with van der Waals surface area (Å²) in [6.07, 6.45) is 0. The van der Waals surface area contributed by atoms with Gasteiger partial charge in [0.25, 0.3) is 5.91 Å². The molecule has 126 valence electrons. The topological polar surface area (TPSA) is 70.2 Å². The van der Waals surface area contributed by atoms with Gasteiger partial charge >= 0.3 is 0 Å². The minimum atomic E-state index is -0.270. The quantitative estimate of drug-likeness (QED) is 0.631. The highest BCUT2D eigenvalue weighted by molar-refractivity contribution is 7.12. The van der Waals surface area contributed by atoms with Gasteiger partial charge in [0.1, 0.15) is 0 Å². The monoisotopic (exact) mass is 351 g/mol. The molecule has 6 heteroatoms. The summed E-state index contributed by atoms with van der Waals surface area (Å²) in [5.74, 6) is -0.513. The summed E-state index contributed by atoms with van der Waals surface area (Å²) in [4.78, 5) is 24.3. The zero-order chi connectivity index (χ0) is 17.5. The number of hydrogen-bond donors (Lipinski definition) is 3. The van der Waals surface area contributed by atoms with Crippen molar-refractivity contribution in [3.8, 4) is 0 Å². The van der Waals surface area contributed by atoms with Gasteiger partial charge in [-0.05, 0) is 47.8 Å². The zero-order valence-corrected chi connectivity index (χ0v) is 14.2. The van der Waals surface area contributed by atoms with Crippen molar-refractivity contribution in [3.05, 3.63) is 77.0 Å². The molecule has 0 fully saturated rings. The van der Waals surface area contributed by atoms with Crippen LogP contribution in [0.2, 0.25) is 0 Å². The molecule has 0 aliphatic heterocycles. The standard InChI is InChI=1S/C19H17N3O2S/c23-18(13-20-19(24)17-7-4-12-25-17)22-16-10-8-15(9-11-16)21-14-5-2-1-3-6-14/h1-12,21H,13H2,(H,20,24)(H,22,23). The fraction of sp³-hybridized carbons (Fsp3) is 0.0526. The van der Waals surface area contributed by atoms with Gasteiger partial charge in [-0.25, -0.2) is 0 Å². The van der Waals surface area contributed by atoms with Crippen LogP contribution < -0.4 is 16.0 Å². The Morgan fingerprint density at radius 2 is 1.48 bits per heavy atom. The lowest BCUT2D eigenvalue weighted by atomic mass is 10.2. The Morgan fingerprint density at radius 1 is 0.800 bits per heavy atom. The highest BCUT2D eigenvalue weighted by atomic mass is 32.1. The van der Waals surface area contributed by atoms with Crippen LogP contribution in [0.25, 0.3) is 0 Å². The van der Waals surface area contributed by atoms with E-state index >= 15 is 0 Å². The lowest BCUT2D eigenvalue weighted by Crippen LogP contribution is -2.32. The van der Waals surface area contributed by atoms with Gasteiger partial charge in [-0.15, -0.1) is 11.3 Å². The van der Waals surface area contributed by atoms with Crippen molar-refractivity contribution in [2.45, 2.75) is 0 Å². The first-order chi connectivity index (χ1) is 12.2. The molecule has 0 radical (unpaired) electrons. The van der Waals surface area contributed by atoms with E-state index < -0.39 is 0 Å². The maximum atomic E-state index is 11.9. The second-order valence-electron chi connectivity index (χ2n) is 5.28. The van der Waals surface area contributed by atoms with E-state index in [1.165, 1.54) is 11.3 Å². The second-order valence-corrected chi connectivity index (χ2v) is 6.22. The van der Waals surface area contributed by atoms with Crippen molar-refractivity contribution in [3.63, 3.8) is 0 Å². The first-order valence-electron chi connectivity index (χ1n) is 7.74. The average Bonchev–Trinajstić information content (AvgIpc) is 3.17. The predicted molar refractivity (Wildman–Crippen MR) is 101 cm³/mol. The van der Waals surface area contributed by atoms with Gasteiger partial charge in [-0.1, -0.05) is 24.3 Å². The SMILES string of the molecule is O=C(CNC(=O)c1cccs1)Nc1ccc(Nc2ccccc2)cc1. The van der Waals surface area contributed by atoms with Gasteiger partial charge in [-0.3, -0.25) is 9.59 Å². The highest BCUT2D eigenvalue weighted by Gasteiger charge is 2.08. The third-order valence-electron chi connectivity index (χ3n) is 3.39. The van der Waals surface area contributed by atoms with Crippen LogP contribution in [0.15, 0.2) is 72.1 Å². The molecule has 25 heavy (non-hydrogen) atoms. The molecule has 0 atom stereocenters. The van der Waals surface area contributed by atoms with Crippen LogP contribution in [-0.2, 0) is 4.79 Å². The van der Waals surface area contributed by atoms with Gasteiger partial charge in [0, 0.05) is 17.1 Å². The first kappa shape index (κ1) is 16.7. The molecule has 1 heterocycles. The van der Waals surface area contributed by atoms with Gasteiger partial charge in [-0.2, -0.15) is 0 Å². The van der Waals surface area contributed by atoms with E-state index in [2.05, 4.69) is 16.0 Å². The number of thiophene rings is 1. The van der Waals surface area contributed by atoms with Crippen molar-refractivity contribution in [1.82, 2.24) is 5.32 Å². The molecule has 0 aliphatic rings. The lowest BCUT2D eigenvalue weighted by Gasteiger charge is -2.09. The maximum absolute atomic E-state index is 11.9. The Balaban J connectivity index is 1.49. The van der Waals surface area contributed by atoms with E-state index in [4.69, 9.17) is 0 Å². The summed E-state index contributed by atoms with van der Waals surface area (Å²) in [6, 6.07) is 20.7. The van der Waals surface area contributed by atoms with Gasteiger partial charge in [0.15, 0.2) is 0 Å². The van der Waals surface area contributed by atoms with Crippen LogP contribution in [0.1, 0.15) is 9.67 Å². The summed E-state index contributed by atoms with van der Waals surface area (Å²) >= 11 is 1.34. The molecule has 1 aromatic heterocycles. The number of benzene rings is 2. The average molecular weight is 351 g/mol. The Hall–Kier alpha value is -3.12. The molecule has 0 bridgehead atoms. The molecule has 0 saturated carbocycles. The normalized spacial score (nSPS) is 10.1. The van der Waals surface area contributed by atoms with E-state index in [-0.39, 0.29) is 18.4 Å². The van der Waals surface area contributed by atoms with Crippen LogP contribution in [0.3, 0.4) is 0 Å². The Kier molecular flexibility index (Phi) is 5.43. The predicted octanol–water partition coefficient (Wildman–Crippen LogP) is 3.86. The molecule has 3 aromatic rings. The van der Waals surface area contributed by atoms with E-state index in [9.17, 15) is 9.59 Å². The molecule has 0 aliphatic carbocycles. The van der Waals surface area contributed by atoms with Crippen LogP contribution >= 0.6 is 11.3 Å². The minimum Gasteiger partial charge on any atom is -0.356 e. The van der Waals surface area contributed by atoms with E-state index in [1.54, 1.807) is 12.1 Å². The van der Waals surface area contributed by atoms with Crippen LogP contribution in [-0.4, -0.2) is 18.4 Å².